The van der Waals surface area contributed by atoms with E-state index >= 15 is 0 Å². The highest BCUT2D eigenvalue weighted by atomic mass is 16.5. The molecule has 0 aliphatic carbocycles. The van der Waals surface area contributed by atoms with Crippen LogP contribution in [0, 0.1) is 0 Å². The van der Waals surface area contributed by atoms with Gasteiger partial charge in [-0.2, -0.15) is 5.10 Å². The maximum absolute atomic E-state index is 5.95. The molecule has 3 heterocycles. The van der Waals surface area contributed by atoms with E-state index in [1.807, 2.05) is 102 Å². The van der Waals surface area contributed by atoms with Crippen molar-refractivity contribution in [2.24, 2.45) is 4.99 Å². The van der Waals surface area contributed by atoms with E-state index in [1.165, 1.54) is 5.39 Å². The van der Waals surface area contributed by atoms with Crippen LogP contribution in [0.5, 0.6) is 23.0 Å². The Morgan fingerprint density at radius 2 is 1.52 bits per heavy atom. The molecule has 0 fully saturated rings. The lowest BCUT2D eigenvalue weighted by molar-refractivity contribution is 0.345. The number of methoxy groups -OCH3 is 3. The lowest BCUT2D eigenvalue weighted by Crippen LogP contribution is -2.02. The number of aromatic amines is 1. The van der Waals surface area contributed by atoms with Crippen LogP contribution in [0.4, 0.5) is 0 Å². The molecule has 1 aliphatic rings. The number of allylic oxidation sites excluding steroid dienone is 1. The van der Waals surface area contributed by atoms with Crippen molar-refractivity contribution >= 4 is 41.4 Å². The molecule has 6 aromatic rings. The molecule has 1 aliphatic heterocycles. The van der Waals surface area contributed by atoms with E-state index in [1.54, 1.807) is 21.3 Å². The monoisotopic (exact) mass is 664 g/mol. The summed E-state index contributed by atoms with van der Waals surface area (Å²) in [6.07, 6.45) is 16.2. The highest BCUT2D eigenvalue weighted by molar-refractivity contribution is 5.83. The normalized spacial score (nSPS) is 12.5. The Morgan fingerprint density at radius 1 is 0.720 bits per heavy atom. The van der Waals surface area contributed by atoms with Crippen LogP contribution < -0.4 is 18.9 Å². The summed E-state index contributed by atoms with van der Waals surface area (Å²) in [7, 11) is 4.99. The second-order valence-corrected chi connectivity index (χ2v) is 11.4. The summed E-state index contributed by atoms with van der Waals surface area (Å²) in [5.74, 6) is 3.16. The van der Waals surface area contributed by atoms with Crippen molar-refractivity contribution in [1.29, 1.82) is 0 Å². The number of benzene rings is 4. The Labute approximate surface area is 292 Å². The summed E-state index contributed by atoms with van der Waals surface area (Å²) in [5, 5.41) is 6.09. The zero-order chi connectivity index (χ0) is 34.5. The van der Waals surface area contributed by atoms with Gasteiger partial charge >= 0.3 is 0 Å². The molecule has 4 aromatic carbocycles. The fourth-order valence-electron chi connectivity index (χ4n) is 5.36. The number of rotatable bonds is 11. The fourth-order valence-corrected chi connectivity index (χ4v) is 5.36. The fraction of sp³-hybridized carbons (Fsp3) is 0.143. The van der Waals surface area contributed by atoms with Gasteiger partial charge < -0.3 is 23.9 Å². The van der Waals surface area contributed by atoms with Crippen molar-refractivity contribution in [3.05, 3.63) is 144 Å². The van der Waals surface area contributed by atoms with Crippen LogP contribution >= 0.6 is 0 Å². The summed E-state index contributed by atoms with van der Waals surface area (Å²) < 4.78 is 23.8. The molecule has 0 saturated heterocycles. The third kappa shape index (κ3) is 8.79. The molecular weight excluding hydrogens is 624 g/mol. The summed E-state index contributed by atoms with van der Waals surface area (Å²) in [4.78, 5) is 7.67. The minimum Gasteiger partial charge on any atom is -0.497 e. The number of nitrogens with zero attached hydrogens (tertiary/aromatic N) is 3. The Balaban J connectivity index is 0.000000477. The number of hydrogen-bond donors (Lipinski definition) is 1. The Hall–Kier alpha value is -6.28. The Morgan fingerprint density at radius 3 is 2.26 bits per heavy atom. The Kier molecular flexibility index (Phi) is 11.2. The van der Waals surface area contributed by atoms with Gasteiger partial charge in [0.15, 0.2) is 0 Å². The van der Waals surface area contributed by atoms with Crippen LogP contribution in [0.1, 0.15) is 35.4 Å². The molecular formula is C42H40N4O4. The van der Waals surface area contributed by atoms with E-state index < -0.39 is 0 Å². The second kappa shape index (κ2) is 16.7. The van der Waals surface area contributed by atoms with Crippen LogP contribution in [-0.4, -0.2) is 48.9 Å². The number of H-pyrrole nitrogens is 1. The van der Waals surface area contributed by atoms with Crippen molar-refractivity contribution in [2.45, 2.75) is 12.8 Å². The highest BCUT2D eigenvalue weighted by Gasteiger charge is 2.09. The lowest BCUT2D eigenvalue weighted by Gasteiger charge is -2.11. The molecule has 0 saturated carbocycles. The number of nitrogens with one attached hydrogen (secondary N) is 1. The predicted molar refractivity (Wildman–Crippen MR) is 204 cm³/mol. The SMILES string of the molecule is COc1ccc(-n2nc(/C=C/c3ccc(OCC4=CCCC=N4)cc3OC)cc2/C=C/c2ccc3cc[nH]c3c2)cc1.COc1ccccc1. The molecule has 0 amide bonds. The van der Waals surface area contributed by atoms with Crippen molar-refractivity contribution in [1.82, 2.24) is 14.8 Å². The van der Waals surface area contributed by atoms with Crippen molar-refractivity contribution in [3.8, 4) is 28.7 Å². The number of aliphatic imine (C=N–C) groups is 1. The maximum Gasteiger partial charge on any atom is 0.130 e. The van der Waals surface area contributed by atoms with Gasteiger partial charge in [-0.3, -0.25) is 4.99 Å². The maximum atomic E-state index is 5.95. The van der Waals surface area contributed by atoms with E-state index in [0.717, 1.165) is 75.3 Å². The topological polar surface area (TPSA) is 82.9 Å². The van der Waals surface area contributed by atoms with Crippen LogP contribution in [-0.2, 0) is 0 Å². The molecule has 0 unspecified atom stereocenters. The summed E-state index contributed by atoms with van der Waals surface area (Å²) in [6.45, 7) is 0.437. The molecule has 0 bridgehead atoms. The van der Waals surface area contributed by atoms with Gasteiger partial charge in [0, 0.05) is 29.6 Å². The van der Waals surface area contributed by atoms with Crippen LogP contribution in [0.15, 0.2) is 126 Å². The van der Waals surface area contributed by atoms with Crippen LogP contribution in [0.2, 0.25) is 0 Å². The number of aromatic nitrogens is 3. The average Bonchev–Trinajstić information content (AvgIpc) is 3.83. The largest absolute Gasteiger partial charge is 0.497 e. The molecule has 1 N–H and O–H groups in total. The first-order chi connectivity index (χ1) is 24.6. The number of ether oxygens (including phenoxy) is 4. The van der Waals surface area contributed by atoms with Gasteiger partial charge in [-0.05, 0) is 109 Å². The molecule has 8 nitrogen and oxygen atoms in total. The minimum atomic E-state index is 0.437. The van der Waals surface area contributed by atoms with Gasteiger partial charge in [0.25, 0.3) is 0 Å². The average molecular weight is 665 g/mol. The molecule has 0 radical (unpaired) electrons. The van der Waals surface area contributed by atoms with Gasteiger partial charge in [-0.25, -0.2) is 4.68 Å². The standard InChI is InChI=1S/C35H32N4O3.C7H8O/c1-40-32-16-13-30(14-17-32)39-31(12-7-25-6-8-26-18-20-37-34(26)21-25)22-28(38-39)11-9-27-10-15-33(23-35(27)41-2)42-24-29-5-3-4-19-36-29;1-8-7-5-3-2-4-6-7/h5-23,37H,3-4,24H2,1-2H3;2-6H,1H3/b11-9+,12-7+;. The first-order valence-electron chi connectivity index (χ1n) is 16.4. The van der Waals surface area contributed by atoms with E-state index in [0.29, 0.717) is 6.61 Å². The van der Waals surface area contributed by atoms with Crippen molar-refractivity contribution in [2.75, 3.05) is 27.9 Å². The molecule has 0 spiro atoms. The minimum absolute atomic E-state index is 0.437. The number of hydrogen-bond acceptors (Lipinski definition) is 6. The Bertz CT molecular complexity index is 2120. The van der Waals surface area contributed by atoms with E-state index in [4.69, 9.17) is 24.0 Å². The molecule has 8 heteroatoms. The third-order valence-electron chi connectivity index (χ3n) is 8.04. The van der Waals surface area contributed by atoms with Gasteiger partial charge in [-0.15, -0.1) is 0 Å². The molecule has 2 aromatic heterocycles. The third-order valence-corrected chi connectivity index (χ3v) is 8.04. The van der Waals surface area contributed by atoms with Gasteiger partial charge in [0.2, 0.25) is 0 Å². The van der Waals surface area contributed by atoms with E-state index in [-0.39, 0.29) is 0 Å². The van der Waals surface area contributed by atoms with Gasteiger partial charge in [-0.1, -0.05) is 42.5 Å². The van der Waals surface area contributed by atoms with Crippen molar-refractivity contribution in [3.63, 3.8) is 0 Å². The quantitative estimate of drug-likeness (QED) is 0.149. The smallest absolute Gasteiger partial charge is 0.130 e. The van der Waals surface area contributed by atoms with Crippen LogP contribution in [0.25, 0.3) is 40.9 Å². The van der Waals surface area contributed by atoms with Crippen LogP contribution in [0.3, 0.4) is 0 Å². The highest BCUT2D eigenvalue weighted by Crippen LogP contribution is 2.28. The van der Waals surface area contributed by atoms with Gasteiger partial charge in [0.05, 0.1) is 44.1 Å². The molecule has 0 atom stereocenters. The summed E-state index contributed by atoms with van der Waals surface area (Å²) >= 11 is 0. The summed E-state index contributed by atoms with van der Waals surface area (Å²) in [6, 6.07) is 33.9. The zero-order valence-corrected chi connectivity index (χ0v) is 28.5. The number of para-hydroxylation sites is 1. The van der Waals surface area contributed by atoms with Crippen molar-refractivity contribution < 1.29 is 18.9 Å². The first-order valence-corrected chi connectivity index (χ1v) is 16.4. The number of fused-ring (bicyclic) bond motifs is 1. The summed E-state index contributed by atoms with van der Waals surface area (Å²) in [5.41, 5.74) is 6.78. The van der Waals surface area contributed by atoms with E-state index in [2.05, 4.69) is 58.5 Å². The predicted octanol–water partition coefficient (Wildman–Crippen LogP) is 9.53. The molecule has 7 rings (SSSR count). The zero-order valence-electron chi connectivity index (χ0n) is 28.5. The van der Waals surface area contributed by atoms with E-state index in [9.17, 15) is 0 Å². The molecule has 252 valence electrons. The molecule has 50 heavy (non-hydrogen) atoms. The lowest BCUT2D eigenvalue weighted by atomic mass is 10.1. The second-order valence-electron chi connectivity index (χ2n) is 11.4. The first kappa shape index (κ1) is 33.6. The van der Waals surface area contributed by atoms with Gasteiger partial charge in [0.1, 0.15) is 29.6 Å².